The van der Waals surface area contributed by atoms with Gasteiger partial charge in [-0.05, 0) is 36.1 Å². The molecule has 34 heavy (non-hydrogen) atoms. The zero-order chi connectivity index (χ0) is 24.4. The second-order valence-electron chi connectivity index (χ2n) is 8.09. The summed E-state index contributed by atoms with van der Waals surface area (Å²) in [6.07, 6.45) is -0.690. The molecule has 0 saturated carbocycles. The average Bonchev–Trinajstić information content (AvgIpc) is 3.35. The van der Waals surface area contributed by atoms with Crippen molar-refractivity contribution in [2.75, 3.05) is 18.5 Å². The number of aryl methyl sites for hydroxylation is 1. The Morgan fingerprint density at radius 1 is 1.12 bits per heavy atom. The summed E-state index contributed by atoms with van der Waals surface area (Å²) in [6, 6.07) is 16.5. The quantitative estimate of drug-likeness (QED) is 0.553. The Bertz CT molecular complexity index is 1210. The molecule has 1 aromatic heterocycles. The summed E-state index contributed by atoms with van der Waals surface area (Å²) in [5, 5.41) is 16.0. The van der Waals surface area contributed by atoms with Crippen molar-refractivity contribution in [1.82, 2.24) is 14.7 Å². The molecule has 9 nitrogen and oxygen atoms in total. The molecule has 0 bridgehead atoms. The van der Waals surface area contributed by atoms with E-state index in [4.69, 9.17) is 4.74 Å². The van der Waals surface area contributed by atoms with Gasteiger partial charge in [0.05, 0.1) is 0 Å². The summed E-state index contributed by atoms with van der Waals surface area (Å²) in [5.41, 5.74) is 4.64. The van der Waals surface area contributed by atoms with E-state index in [0.29, 0.717) is 0 Å². The number of rotatable bonds is 7. The third-order valence-corrected chi connectivity index (χ3v) is 6.10. The molecule has 0 radical (unpaired) electrons. The largest absolute Gasteiger partial charge is 0.480 e. The molecule has 1 heterocycles. The monoisotopic (exact) mass is 462 g/mol. The van der Waals surface area contributed by atoms with Crippen LogP contribution in [0.3, 0.4) is 0 Å². The van der Waals surface area contributed by atoms with Crippen molar-refractivity contribution >= 4 is 23.8 Å². The number of carbonyl (C=O) groups excluding carboxylic acids is 2. The Morgan fingerprint density at radius 3 is 2.26 bits per heavy atom. The van der Waals surface area contributed by atoms with Gasteiger partial charge in [0.1, 0.15) is 18.3 Å². The Hall–Kier alpha value is -4.14. The van der Waals surface area contributed by atoms with Crippen LogP contribution in [-0.4, -0.2) is 57.0 Å². The summed E-state index contributed by atoms with van der Waals surface area (Å²) in [5.74, 6) is -1.53. The number of benzene rings is 2. The van der Waals surface area contributed by atoms with Crippen molar-refractivity contribution < 1.29 is 24.2 Å². The normalized spacial score (nSPS) is 13.0. The minimum atomic E-state index is -1.10. The van der Waals surface area contributed by atoms with E-state index in [9.17, 15) is 19.5 Å². The second-order valence-corrected chi connectivity index (χ2v) is 8.09. The maximum absolute atomic E-state index is 12.8. The molecule has 3 aromatic rings. The van der Waals surface area contributed by atoms with Gasteiger partial charge in [0.15, 0.2) is 5.82 Å². The van der Waals surface area contributed by atoms with E-state index in [1.807, 2.05) is 36.4 Å². The highest BCUT2D eigenvalue weighted by Crippen LogP contribution is 2.44. The standard InChI is InChI=1S/C25H26N4O5/c1-4-29(15(2)24(31)32)23(30)21-13-22(27-28(21)3)26-25(33)34-14-20-18-11-7-5-9-16(18)17-10-6-8-12-19(17)20/h5-13,15,20H,4,14H2,1-3H3,(H,31,32)(H,26,27,33). The Kier molecular flexibility index (Phi) is 6.36. The van der Waals surface area contributed by atoms with Gasteiger partial charge >= 0.3 is 12.1 Å². The summed E-state index contributed by atoms with van der Waals surface area (Å²) in [6.45, 7) is 3.50. The third kappa shape index (κ3) is 4.24. The first-order valence-electron chi connectivity index (χ1n) is 11.0. The molecule has 1 aliphatic carbocycles. The van der Waals surface area contributed by atoms with Gasteiger partial charge in [-0.2, -0.15) is 5.10 Å². The van der Waals surface area contributed by atoms with Gasteiger partial charge in [-0.3, -0.25) is 14.8 Å². The number of hydrogen-bond donors (Lipinski definition) is 2. The summed E-state index contributed by atoms with van der Waals surface area (Å²) in [7, 11) is 1.55. The van der Waals surface area contributed by atoms with Gasteiger partial charge in [0.25, 0.3) is 5.91 Å². The molecular weight excluding hydrogens is 436 g/mol. The van der Waals surface area contributed by atoms with E-state index < -0.39 is 24.0 Å². The molecule has 0 aliphatic heterocycles. The van der Waals surface area contributed by atoms with Crippen LogP contribution in [0.15, 0.2) is 54.6 Å². The van der Waals surface area contributed by atoms with Crippen molar-refractivity contribution in [3.05, 3.63) is 71.4 Å². The third-order valence-electron chi connectivity index (χ3n) is 6.10. The van der Waals surface area contributed by atoms with E-state index in [1.165, 1.54) is 22.6 Å². The molecule has 4 rings (SSSR count). The number of ether oxygens (including phenoxy) is 1. The first kappa shape index (κ1) is 23.0. The van der Waals surface area contributed by atoms with Crippen LogP contribution >= 0.6 is 0 Å². The molecular formula is C25H26N4O5. The van der Waals surface area contributed by atoms with E-state index in [2.05, 4.69) is 22.5 Å². The molecule has 2 N–H and O–H groups in total. The molecule has 0 fully saturated rings. The highest BCUT2D eigenvalue weighted by Gasteiger charge is 2.30. The minimum Gasteiger partial charge on any atom is -0.480 e. The van der Waals surface area contributed by atoms with E-state index in [-0.39, 0.29) is 30.6 Å². The van der Waals surface area contributed by atoms with Crippen LogP contribution in [0.5, 0.6) is 0 Å². The van der Waals surface area contributed by atoms with Gasteiger partial charge < -0.3 is 14.7 Å². The lowest BCUT2D eigenvalue weighted by Crippen LogP contribution is -2.43. The molecule has 2 amide bonds. The number of carboxylic acid groups (broad SMARTS) is 1. The smallest absolute Gasteiger partial charge is 0.412 e. The van der Waals surface area contributed by atoms with Crippen LogP contribution in [0.1, 0.15) is 41.4 Å². The second kappa shape index (κ2) is 9.38. The van der Waals surface area contributed by atoms with E-state index in [0.717, 1.165) is 22.3 Å². The van der Waals surface area contributed by atoms with Gasteiger partial charge in [0, 0.05) is 25.6 Å². The van der Waals surface area contributed by atoms with E-state index >= 15 is 0 Å². The number of aliphatic carboxylic acids is 1. The van der Waals surface area contributed by atoms with Crippen LogP contribution in [-0.2, 0) is 16.6 Å². The molecule has 0 saturated heterocycles. The number of fused-ring (bicyclic) bond motifs is 3. The predicted octanol–water partition coefficient (Wildman–Crippen LogP) is 3.72. The van der Waals surface area contributed by atoms with Crippen LogP contribution in [0, 0.1) is 0 Å². The summed E-state index contributed by atoms with van der Waals surface area (Å²) in [4.78, 5) is 37.9. The van der Waals surface area contributed by atoms with Crippen molar-refractivity contribution in [1.29, 1.82) is 0 Å². The zero-order valence-electron chi connectivity index (χ0n) is 19.2. The first-order chi connectivity index (χ1) is 16.3. The average molecular weight is 463 g/mol. The highest BCUT2D eigenvalue weighted by molar-refractivity contribution is 5.96. The number of nitrogens with one attached hydrogen (secondary N) is 1. The van der Waals surface area contributed by atoms with Crippen molar-refractivity contribution in [2.24, 2.45) is 7.05 Å². The molecule has 2 aromatic carbocycles. The van der Waals surface area contributed by atoms with Crippen LogP contribution in [0.4, 0.5) is 10.6 Å². The Morgan fingerprint density at radius 2 is 1.71 bits per heavy atom. The summed E-state index contributed by atoms with van der Waals surface area (Å²) < 4.78 is 6.82. The van der Waals surface area contributed by atoms with Crippen molar-refractivity contribution in [3.8, 4) is 11.1 Å². The molecule has 0 spiro atoms. The maximum atomic E-state index is 12.8. The van der Waals surface area contributed by atoms with Gasteiger partial charge in [-0.25, -0.2) is 9.59 Å². The molecule has 176 valence electrons. The summed E-state index contributed by atoms with van der Waals surface area (Å²) >= 11 is 0. The van der Waals surface area contributed by atoms with Gasteiger partial charge in [-0.15, -0.1) is 0 Å². The highest BCUT2D eigenvalue weighted by atomic mass is 16.5. The fourth-order valence-electron chi connectivity index (χ4n) is 4.34. The van der Waals surface area contributed by atoms with Crippen LogP contribution in [0.25, 0.3) is 11.1 Å². The minimum absolute atomic E-state index is 0.0744. The number of amides is 2. The number of aromatic nitrogens is 2. The fraction of sp³-hybridized carbons (Fsp3) is 0.280. The predicted molar refractivity (Wildman–Crippen MR) is 126 cm³/mol. The lowest BCUT2D eigenvalue weighted by molar-refractivity contribution is -0.141. The lowest BCUT2D eigenvalue weighted by Gasteiger charge is -2.24. The first-order valence-corrected chi connectivity index (χ1v) is 11.0. The zero-order valence-corrected chi connectivity index (χ0v) is 19.2. The number of nitrogens with zero attached hydrogens (tertiary/aromatic N) is 3. The molecule has 9 heteroatoms. The number of carboxylic acids is 1. The fourth-order valence-corrected chi connectivity index (χ4v) is 4.34. The molecule has 1 atom stereocenters. The van der Waals surface area contributed by atoms with Crippen LogP contribution in [0.2, 0.25) is 0 Å². The van der Waals surface area contributed by atoms with Crippen molar-refractivity contribution in [3.63, 3.8) is 0 Å². The van der Waals surface area contributed by atoms with Gasteiger partial charge in [0.2, 0.25) is 0 Å². The molecule has 1 aliphatic rings. The van der Waals surface area contributed by atoms with Crippen LogP contribution < -0.4 is 5.32 Å². The molecule has 1 unspecified atom stereocenters. The van der Waals surface area contributed by atoms with Gasteiger partial charge in [-0.1, -0.05) is 48.5 Å². The lowest BCUT2D eigenvalue weighted by atomic mass is 9.98. The number of hydrogen-bond acceptors (Lipinski definition) is 5. The Balaban J connectivity index is 1.44. The Labute approximate surface area is 196 Å². The van der Waals surface area contributed by atoms with E-state index in [1.54, 1.807) is 14.0 Å². The maximum Gasteiger partial charge on any atom is 0.412 e. The SMILES string of the molecule is CCN(C(=O)c1cc(NC(=O)OCC2c3ccccc3-c3ccccc32)nn1C)C(C)C(=O)O. The topological polar surface area (TPSA) is 114 Å². The van der Waals surface area contributed by atoms with Crippen molar-refractivity contribution in [2.45, 2.75) is 25.8 Å². The number of likely N-dealkylation sites (N-methyl/N-ethyl adjacent to an activating group) is 1. The number of carbonyl (C=O) groups is 3. The number of anilines is 1.